The van der Waals surface area contributed by atoms with E-state index in [4.69, 9.17) is 0 Å². The predicted octanol–water partition coefficient (Wildman–Crippen LogP) is 4.65. The van der Waals surface area contributed by atoms with Crippen LogP contribution in [-0.4, -0.2) is 99.4 Å². The van der Waals surface area contributed by atoms with Crippen molar-refractivity contribution in [2.24, 2.45) is 5.41 Å². The number of benzene rings is 1. The Kier molecular flexibility index (Phi) is 8.72. The SMILES string of the molecule is CCN1CCC2(CC1)SC(CC(=O)N1CCC(N3CCc4ccccc4NC3=O)CC1)C(=O)N2CCC(C)(C)C. The molecule has 4 aliphatic rings. The number of likely N-dealkylation sites (tertiary alicyclic amines) is 2. The molecule has 220 valence electrons. The summed E-state index contributed by atoms with van der Waals surface area (Å²) >= 11 is 1.77. The molecule has 1 atom stereocenters. The van der Waals surface area contributed by atoms with Crippen LogP contribution in [0.25, 0.3) is 0 Å². The second kappa shape index (κ2) is 11.9. The number of amides is 4. The molecular weight excluding hydrogens is 522 g/mol. The standard InChI is InChI=1S/C31H47N5O3S/c1-5-33-19-14-31(15-20-33)36(21-13-30(2,3)4)28(38)26(40-31)22-27(37)34-16-11-24(12-17-34)35-18-10-23-8-6-7-9-25(23)32-29(35)39/h6-9,24,26H,5,10-22H2,1-4H3,(H,32,39). The molecule has 0 radical (unpaired) electrons. The van der Waals surface area contributed by atoms with Crippen LogP contribution < -0.4 is 5.32 Å². The summed E-state index contributed by atoms with van der Waals surface area (Å²) in [6.45, 7) is 14.7. The molecule has 1 aromatic carbocycles. The molecule has 1 unspecified atom stereocenters. The summed E-state index contributed by atoms with van der Waals surface area (Å²) in [5, 5.41) is 2.78. The lowest BCUT2D eigenvalue weighted by Crippen LogP contribution is -2.52. The summed E-state index contributed by atoms with van der Waals surface area (Å²) < 4.78 is 0. The number of urea groups is 1. The lowest BCUT2D eigenvalue weighted by atomic mass is 9.91. The highest BCUT2D eigenvalue weighted by Crippen LogP contribution is 2.49. The van der Waals surface area contributed by atoms with Gasteiger partial charge in [-0.1, -0.05) is 45.9 Å². The predicted molar refractivity (Wildman–Crippen MR) is 161 cm³/mol. The van der Waals surface area contributed by atoms with Crippen LogP contribution >= 0.6 is 11.8 Å². The highest BCUT2D eigenvalue weighted by Gasteiger charge is 2.53. The molecule has 0 aromatic heterocycles. The Labute approximate surface area is 244 Å². The Morgan fingerprint density at radius 2 is 1.75 bits per heavy atom. The Balaban J connectivity index is 1.18. The maximum absolute atomic E-state index is 13.8. The van der Waals surface area contributed by atoms with Crippen molar-refractivity contribution in [1.82, 2.24) is 19.6 Å². The molecule has 3 fully saturated rings. The van der Waals surface area contributed by atoms with Gasteiger partial charge in [0.15, 0.2) is 0 Å². The van der Waals surface area contributed by atoms with Crippen molar-refractivity contribution in [2.75, 3.05) is 51.1 Å². The summed E-state index contributed by atoms with van der Waals surface area (Å²) in [6, 6.07) is 8.08. The third kappa shape index (κ3) is 6.30. The Morgan fingerprint density at radius 3 is 2.42 bits per heavy atom. The fourth-order valence-electron chi connectivity index (χ4n) is 6.70. The summed E-state index contributed by atoms with van der Waals surface area (Å²) in [7, 11) is 0. The lowest BCUT2D eigenvalue weighted by molar-refractivity contribution is -0.138. The van der Waals surface area contributed by atoms with E-state index >= 15 is 0 Å². The molecule has 1 aromatic rings. The van der Waals surface area contributed by atoms with Crippen molar-refractivity contribution in [2.45, 2.75) is 88.8 Å². The van der Waals surface area contributed by atoms with Gasteiger partial charge in [0.2, 0.25) is 11.8 Å². The topological polar surface area (TPSA) is 76.2 Å². The zero-order valence-corrected chi connectivity index (χ0v) is 25.6. The first-order chi connectivity index (χ1) is 19.1. The first-order valence-electron chi connectivity index (χ1n) is 15.2. The first-order valence-corrected chi connectivity index (χ1v) is 16.1. The molecule has 40 heavy (non-hydrogen) atoms. The molecule has 1 spiro atoms. The van der Waals surface area contributed by atoms with Crippen molar-refractivity contribution < 1.29 is 14.4 Å². The van der Waals surface area contributed by atoms with Gasteiger partial charge >= 0.3 is 6.03 Å². The van der Waals surface area contributed by atoms with Gasteiger partial charge in [-0.2, -0.15) is 0 Å². The van der Waals surface area contributed by atoms with Crippen LogP contribution in [0, 0.1) is 5.41 Å². The van der Waals surface area contributed by atoms with Gasteiger partial charge in [-0.25, -0.2) is 4.79 Å². The molecule has 0 bridgehead atoms. The number of para-hydroxylation sites is 1. The summed E-state index contributed by atoms with van der Waals surface area (Å²) in [5.41, 5.74) is 2.22. The van der Waals surface area contributed by atoms with Crippen LogP contribution in [0.15, 0.2) is 24.3 Å². The van der Waals surface area contributed by atoms with Crippen molar-refractivity contribution in [3.63, 3.8) is 0 Å². The van der Waals surface area contributed by atoms with Gasteiger partial charge in [-0.05, 0) is 62.1 Å². The second-order valence-corrected chi connectivity index (χ2v) is 14.7. The van der Waals surface area contributed by atoms with E-state index in [1.165, 1.54) is 5.56 Å². The molecule has 8 nitrogen and oxygen atoms in total. The normalized spacial score (nSPS) is 24.3. The average Bonchev–Trinajstić information content (AvgIpc) is 3.06. The summed E-state index contributed by atoms with van der Waals surface area (Å²) in [5.74, 6) is 0.235. The number of rotatable bonds is 6. The molecule has 1 N–H and O–H groups in total. The highest BCUT2D eigenvalue weighted by atomic mass is 32.2. The van der Waals surface area contributed by atoms with Gasteiger partial charge < -0.3 is 24.9 Å². The van der Waals surface area contributed by atoms with E-state index in [0.29, 0.717) is 19.6 Å². The van der Waals surface area contributed by atoms with Gasteiger partial charge in [-0.3, -0.25) is 9.59 Å². The largest absolute Gasteiger partial charge is 0.342 e. The molecule has 9 heteroatoms. The molecule has 0 aliphatic carbocycles. The molecule has 4 aliphatic heterocycles. The molecule has 5 rings (SSSR count). The monoisotopic (exact) mass is 569 g/mol. The maximum atomic E-state index is 13.8. The minimum atomic E-state index is -0.298. The molecule has 3 saturated heterocycles. The van der Waals surface area contributed by atoms with Crippen LogP contribution in [0.1, 0.15) is 71.8 Å². The van der Waals surface area contributed by atoms with Crippen molar-refractivity contribution in [3.05, 3.63) is 29.8 Å². The van der Waals surface area contributed by atoms with Crippen LogP contribution in [0.4, 0.5) is 10.5 Å². The molecule has 0 saturated carbocycles. The smallest absolute Gasteiger partial charge is 0.322 e. The van der Waals surface area contributed by atoms with Crippen molar-refractivity contribution >= 4 is 35.3 Å². The van der Waals surface area contributed by atoms with E-state index in [1.54, 1.807) is 11.8 Å². The van der Waals surface area contributed by atoms with Gasteiger partial charge in [0.05, 0.1) is 10.1 Å². The quantitative estimate of drug-likeness (QED) is 0.540. The Morgan fingerprint density at radius 1 is 1.05 bits per heavy atom. The number of piperidine rings is 2. The number of nitrogens with one attached hydrogen (secondary N) is 1. The van der Waals surface area contributed by atoms with E-state index in [-0.39, 0.29) is 45.8 Å². The van der Waals surface area contributed by atoms with E-state index < -0.39 is 0 Å². The van der Waals surface area contributed by atoms with Crippen LogP contribution in [0.5, 0.6) is 0 Å². The molecule has 4 heterocycles. The number of anilines is 1. The van der Waals surface area contributed by atoms with E-state index in [1.807, 2.05) is 28.0 Å². The highest BCUT2D eigenvalue weighted by molar-refractivity contribution is 8.02. The number of nitrogens with zero attached hydrogens (tertiary/aromatic N) is 4. The molecular formula is C31H47N5O3S. The van der Waals surface area contributed by atoms with E-state index in [2.05, 4.69) is 48.9 Å². The number of thioether (sulfide) groups is 1. The summed E-state index contributed by atoms with van der Waals surface area (Å²) in [6.07, 6.45) is 5.56. The average molecular weight is 570 g/mol. The Bertz CT molecular complexity index is 1090. The van der Waals surface area contributed by atoms with E-state index in [0.717, 1.165) is 70.4 Å². The zero-order chi connectivity index (χ0) is 28.5. The number of carbonyl (C=O) groups is 3. The number of hydrogen-bond acceptors (Lipinski definition) is 5. The first kappa shape index (κ1) is 29.2. The molecule has 4 amide bonds. The zero-order valence-electron chi connectivity index (χ0n) is 24.8. The van der Waals surface area contributed by atoms with Gasteiger partial charge in [0.1, 0.15) is 0 Å². The minimum absolute atomic E-state index is 0.0440. The van der Waals surface area contributed by atoms with Crippen LogP contribution in [0.2, 0.25) is 0 Å². The minimum Gasteiger partial charge on any atom is -0.342 e. The van der Waals surface area contributed by atoms with Crippen LogP contribution in [-0.2, 0) is 16.0 Å². The fraction of sp³-hybridized carbons (Fsp3) is 0.710. The van der Waals surface area contributed by atoms with Gasteiger partial charge in [0.25, 0.3) is 0 Å². The van der Waals surface area contributed by atoms with Crippen molar-refractivity contribution in [1.29, 1.82) is 0 Å². The summed E-state index contributed by atoms with van der Waals surface area (Å²) in [4.78, 5) is 48.5. The number of hydrogen-bond donors (Lipinski definition) is 1. The van der Waals surface area contributed by atoms with Gasteiger partial charge in [0, 0.05) is 57.4 Å². The lowest BCUT2D eigenvalue weighted by Gasteiger charge is -2.44. The van der Waals surface area contributed by atoms with Crippen LogP contribution in [0.3, 0.4) is 0 Å². The van der Waals surface area contributed by atoms with Crippen molar-refractivity contribution in [3.8, 4) is 0 Å². The third-order valence-electron chi connectivity index (χ3n) is 9.32. The maximum Gasteiger partial charge on any atom is 0.322 e. The van der Waals surface area contributed by atoms with E-state index in [9.17, 15) is 14.4 Å². The fourth-order valence-corrected chi connectivity index (χ4v) is 8.41. The second-order valence-electron chi connectivity index (χ2n) is 13.1. The Hall–Kier alpha value is -2.26. The number of fused-ring (bicyclic) bond motifs is 1. The third-order valence-corrected chi connectivity index (χ3v) is 11.0. The van der Waals surface area contributed by atoms with Gasteiger partial charge in [-0.15, -0.1) is 11.8 Å². The number of carbonyl (C=O) groups excluding carboxylic acids is 3.